The fraction of sp³-hybridized carbons (Fsp3) is 0.206. The van der Waals surface area contributed by atoms with Crippen molar-refractivity contribution in [2.45, 2.75) is 6.92 Å². The summed E-state index contributed by atoms with van der Waals surface area (Å²) in [5, 5.41) is 12.8. The van der Waals surface area contributed by atoms with Crippen LogP contribution in [-0.4, -0.2) is 85.9 Å². The van der Waals surface area contributed by atoms with Crippen molar-refractivity contribution >= 4 is 88.9 Å². The molecule has 50 heavy (non-hydrogen) atoms. The van der Waals surface area contributed by atoms with Gasteiger partial charge in [0.05, 0.1) is 31.4 Å². The van der Waals surface area contributed by atoms with Gasteiger partial charge < -0.3 is 29.7 Å². The maximum atomic E-state index is 12.8. The Bertz CT molecular complexity index is 2160. The third kappa shape index (κ3) is 9.07. The van der Waals surface area contributed by atoms with Crippen molar-refractivity contribution in [3.8, 4) is 6.07 Å². The van der Waals surface area contributed by atoms with Crippen molar-refractivity contribution in [1.82, 2.24) is 25.3 Å². The first-order valence-corrected chi connectivity index (χ1v) is 17.0. The van der Waals surface area contributed by atoms with Crippen LogP contribution in [0.2, 0.25) is 0 Å². The molecule has 4 aromatic heterocycles. The molecule has 0 saturated carbocycles. The summed E-state index contributed by atoms with van der Waals surface area (Å²) in [6.07, 6.45) is 3.32. The molecule has 260 valence electrons. The van der Waals surface area contributed by atoms with Crippen LogP contribution in [-0.2, 0) is 9.47 Å². The summed E-state index contributed by atoms with van der Waals surface area (Å²) >= 11 is 5.53. The number of rotatable bonds is 7. The number of halogens is 1. The number of hydrogen-bond acceptors (Lipinski definition) is 13. The zero-order valence-corrected chi connectivity index (χ0v) is 31.4. The number of nitriles is 1. The van der Waals surface area contributed by atoms with Gasteiger partial charge in [0.2, 0.25) is 11.6 Å². The van der Waals surface area contributed by atoms with Crippen LogP contribution < -0.4 is 10.2 Å². The molecule has 0 radical (unpaired) electrons. The number of H-pyrrole nitrogens is 2. The van der Waals surface area contributed by atoms with Crippen LogP contribution in [0.4, 0.5) is 5.00 Å². The van der Waals surface area contributed by atoms with E-state index in [2.05, 4.69) is 45.9 Å². The van der Waals surface area contributed by atoms with Gasteiger partial charge in [0.1, 0.15) is 8.79 Å². The molecule has 4 heterocycles. The highest BCUT2D eigenvalue weighted by molar-refractivity contribution is 9.11. The van der Waals surface area contributed by atoms with E-state index in [1.807, 2.05) is 62.6 Å². The van der Waals surface area contributed by atoms with E-state index in [1.165, 1.54) is 32.5 Å². The molecule has 0 amide bonds. The van der Waals surface area contributed by atoms with E-state index in [1.54, 1.807) is 37.5 Å². The number of aromatic nitrogens is 4. The van der Waals surface area contributed by atoms with Crippen molar-refractivity contribution in [3.63, 3.8) is 0 Å². The minimum Gasteiger partial charge on any atom is -0.464 e. The molecule has 13 nitrogen and oxygen atoms in total. The summed E-state index contributed by atoms with van der Waals surface area (Å²) in [4.78, 5) is 64.9. The second-order valence-electron chi connectivity index (χ2n) is 10.1. The van der Waals surface area contributed by atoms with Crippen molar-refractivity contribution in [2.75, 3.05) is 47.3 Å². The highest BCUT2D eigenvalue weighted by atomic mass is 79.9. The second kappa shape index (κ2) is 18.5. The average Bonchev–Trinajstić information content (AvgIpc) is 3.92. The van der Waals surface area contributed by atoms with Gasteiger partial charge in [0.25, 0.3) is 0 Å². The van der Waals surface area contributed by atoms with Gasteiger partial charge in [-0.3, -0.25) is 9.59 Å². The average molecular weight is 781 g/mol. The van der Waals surface area contributed by atoms with Gasteiger partial charge in [-0.25, -0.2) is 19.6 Å². The standard InChI is InChI=1S/C16H15N3O3S.C14H9BrN2O3S.C2H7N.C2H3N/c1-19(2)15-12(16(21)22-3)18-14(23-15)13(20)10-8-17-11-7-5-4-6-9(10)11;1-20-14(19)10-12(15)21-13(17-10)11(18)8-6-16-9-5-3-2-4-7(8)9;1-3-2;1-2-3/h4-8,17H,1-3H3;2-6,16H,1H3;3H,1-2H3;1H3. The lowest BCUT2D eigenvalue weighted by molar-refractivity contribution is 0.0585. The molecule has 0 aliphatic rings. The number of methoxy groups -OCH3 is 2. The van der Waals surface area contributed by atoms with Crippen molar-refractivity contribution in [1.29, 1.82) is 5.26 Å². The van der Waals surface area contributed by atoms with Gasteiger partial charge in [-0.1, -0.05) is 47.7 Å². The summed E-state index contributed by atoms with van der Waals surface area (Å²) in [6, 6.07) is 16.8. The first kappa shape index (κ1) is 39.2. The zero-order chi connectivity index (χ0) is 37.0. The minimum atomic E-state index is -0.573. The number of nitrogens with zero attached hydrogens (tertiary/aromatic N) is 4. The fourth-order valence-corrected chi connectivity index (χ4v) is 6.69. The molecule has 0 spiro atoms. The number of anilines is 1. The molecular weight excluding hydrogens is 746 g/mol. The quantitative estimate of drug-likeness (QED) is 0.119. The van der Waals surface area contributed by atoms with E-state index in [9.17, 15) is 19.2 Å². The van der Waals surface area contributed by atoms with Crippen LogP contribution in [0.25, 0.3) is 21.8 Å². The number of fused-ring (bicyclic) bond motifs is 2. The molecule has 0 aliphatic carbocycles. The Labute approximate surface area is 304 Å². The van der Waals surface area contributed by atoms with Crippen LogP contribution in [0.15, 0.2) is 64.7 Å². The monoisotopic (exact) mass is 779 g/mol. The van der Waals surface area contributed by atoms with Crippen LogP contribution in [0.5, 0.6) is 0 Å². The second-order valence-corrected chi connectivity index (χ2v) is 13.4. The Morgan fingerprint density at radius 1 is 0.800 bits per heavy atom. The highest BCUT2D eigenvalue weighted by Crippen LogP contribution is 2.31. The van der Waals surface area contributed by atoms with Gasteiger partial charge in [0, 0.05) is 55.2 Å². The molecule has 0 saturated heterocycles. The lowest BCUT2D eigenvalue weighted by Crippen LogP contribution is -2.13. The molecule has 0 unspecified atom stereocenters. The predicted octanol–water partition coefficient (Wildman–Crippen LogP) is 6.48. The molecule has 6 aromatic rings. The molecule has 0 atom stereocenters. The Morgan fingerprint density at radius 2 is 1.20 bits per heavy atom. The van der Waals surface area contributed by atoms with E-state index in [0.717, 1.165) is 33.1 Å². The molecule has 3 N–H and O–H groups in total. The number of para-hydroxylation sites is 2. The fourth-order valence-electron chi connectivity index (χ4n) is 4.31. The molecule has 2 aromatic carbocycles. The Morgan fingerprint density at radius 3 is 1.64 bits per heavy atom. The number of ether oxygens (including phenoxy) is 2. The first-order valence-electron chi connectivity index (χ1n) is 14.6. The lowest BCUT2D eigenvalue weighted by atomic mass is 10.1. The highest BCUT2D eigenvalue weighted by Gasteiger charge is 2.26. The van der Waals surface area contributed by atoms with Gasteiger partial charge >= 0.3 is 11.9 Å². The lowest BCUT2D eigenvalue weighted by Gasteiger charge is -2.09. The summed E-state index contributed by atoms with van der Waals surface area (Å²) in [6.45, 7) is 1.43. The maximum absolute atomic E-state index is 12.8. The molecular formula is C34H34BrN7O6S2. The van der Waals surface area contributed by atoms with Crippen LogP contribution in [0.3, 0.4) is 0 Å². The summed E-state index contributed by atoms with van der Waals surface area (Å²) in [5.74, 6) is -1.57. The van der Waals surface area contributed by atoms with E-state index < -0.39 is 11.9 Å². The number of benzene rings is 2. The van der Waals surface area contributed by atoms with Crippen LogP contribution in [0.1, 0.15) is 58.6 Å². The molecule has 0 bridgehead atoms. The number of thiazole rings is 2. The third-order valence-corrected chi connectivity index (χ3v) is 9.34. The molecule has 0 aliphatic heterocycles. The molecule has 16 heteroatoms. The minimum absolute atomic E-state index is 0.116. The largest absolute Gasteiger partial charge is 0.464 e. The first-order chi connectivity index (χ1) is 24.0. The number of ketones is 2. The smallest absolute Gasteiger partial charge is 0.359 e. The Balaban J connectivity index is 0.000000235. The predicted molar refractivity (Wildman–Crippen MR) is 199 cm³/mol. The van der Waals surface area contributed by atoms with E-state index in [4.69, 9.17) is 10.00 Å². The van der Waals surface area contributed by atoms with Gasteiger partial charge in [-0.15, -0.1) is 11.3 Å². The molecule has 6 rings (SSSR count). The Hall–Kier alpha value is -5.21. The summed E-state index contributed by atoms with van der Waals surface area (Å²) in [5.41, 5.74) is 3.11. The van der Waals surface area contributed by atoms with E-state index >= 15 is 0 Å². The summed E-state index contributed by atoms with van der Waals surface area (Å²) < 4.78 is 9.85. The topological polar surface area (TPSA) is 183 Å². The SMILES string of the molecule is CC#N.CNC.COC(=O)c1nc(C(=O)c2c[nH]c3ccccc23)sc1Br.COC(=O)c1nc(C(=O)c2c[nH]c3ccccc23)sc1N(C)C. The molecule has 0 fully saturated rings. The maximum Gasteiger partial charge on any atom is 0.359 e. The van der Waals surface area contributed by atoms with Crippen molar-refractivity contribution in [3.05, 3.63) is 97.2 Å². The summed E-state index contributed by atoms with van der Waals surface area (Å²) in [7, 11) is 9.90. The number of carbonyl (C=O) groups is 4. The Kier molecular flexibility index (Phi) is 14.5. The zero-order valence-electron chi connectivity index (χ0n) is 28.2. The number of carbonyl (C=O) groups excluding carboxylic acids is 4. The number of esters is 2. The van der Waals surface area contributed by atoms with Gasteiger partial charge in [-0.2, -0.15) is 5.26 Å². The van der Waals surface area contributed by atoms with Crippen LogP contribution >= 0.6 is 38.6 Å². The van der Waals surface area contributed by atoms with Gasteiger partial charge in [0.15, 0.2) is 21.4 Å². The van der Waals surface area contributed by atoms with Gasteiger partial charge in [-0.05, 0) is 42.2 Å². The van der Waals surface area contributed by atoms with E-state index in [0.29, 0.717) is 19.9 Å². The van der Waals surface area contributed by atoms with E-state index in [-0.39, 0.29) is 33.0 Å². The van der Waals surface area contributed by atoms with Crippen LogP contribution in [0, 0.1) is 11.3 Å². The van der Waals surface area contributed by atoms with Crippen molar-refractivity contribution in [2.24, 2.45) is 0 Å². The third-order valence-electron chi connectivity index (χ3n) is 6.41. The number of nitrogens with one attached hydrogen (secondary N) is 3. The number of hydrogen-bond donors (Lipinski definition) is 3. The normalized spacial score (nSPS) is 9.98. The number of aromatic amines is 2. The van der Waals surface area contributed by atoms with Crippen molar-refractivity contribution < 1.29 is 28.7 Å².